The van der Waals surface area contributed by atoms with Gasteiger partial charge in [0.1, 0.15) is 0 Å². The largest absolute Gasteiger partial charge is 0.469 e. The number of esters is 1. The molecule has 2 bridgehead atoms. The van der Waals surface area contributed by atoms with Crippen LogP contribution in [0.25, 0.3) is 0 Å². The standard InChI is InChI=1S/C15H25BrN2O2/c1-18-10-4-5-12(18)14(15(19)20-2)11(7-10)9-3-6-13(16)17-8-9/h9-14,17H,3-8H2,1-2H3/t9?,10-,11-,12?,13?,14+/m1/s1. The smallest absolute Gasteiger partial charge is 0.310 e. The lowest BCUT2D eigenvalue weighted by Gasteiger charge is -2.46. The molecule has 0 amide bonds. The maximum Gasteiger partial charge on any atom is 0.310 e. The average Bonchev–Trinajstić information content (AvgIpc) is 2.70. The Bertz CT molecular complexity index is 371. The zero-order valence-electron chi connectivity index (χ0n) is 12.3. The third-order valence-electron chi connectivity index (χ3n) is 5.79. The second-order valence-corrected chi connectivity index (χ2v) is 7.73. The predicted molar refractivity (Wildman–Crippen MR) is 81.6 cm³/mol. The van der Waals surface area contributed by atoms with Crippen LogP contribution >= 0.6 is 15.9 Å². The highest BCUT2D eigenvalue weighted by Gasteiger charge is 2.51. The molecule has 0 spiro atoms. The first-order valence-electron chi connectivity index (χ1n) is 7.79. The minimum Gasteiger partial charge on any atom is -0.469 e. The summed E-state index contributed by atoms with van der Waals surface area (Å²) >= 11 is 3.63. The highest BCUT2D eigenvalue weighted by atomic mass is 79.9. The Balaban J connectivity index is 1.79. The summed E-state index contributed by atoms with van der Waals surface area (Å²) < 4.78 is 5.14. The summed E-state index contributed by atoms with van der Waals surface area (Å²) in [5.74, 6) is 1.18. The number of halogens is 1. The number of carbonyl (C=O) groups is 1. The van der Waals surface area contributed by atoms with Gasteiger partial charge in [0.05, 0.1) is 18.0 Å². The van der Waals surface area contributed by atoms with Crippen LogP contribution < -0.4 is 5.32 Å². The first-order chi connectivity index (χ1) is 9.61. The number of methoxy groups -OCH3 is 1. The Morgan fingerprint density at radius 3 is 2.75 bits per heavy atom. The molecule has 1 N–H and O–H groups in total. The van der Waals surface area contributed by atoms with Gasteiger partial charge in [0.15, 0.2) is 0 Å². The molecular weight excluding hydrogens is 320 g/mol. The SMILES string of the molecule is COC(=O)[C@@H]1C2CC[C@H](C[C@@H]1C1CCC(Br)NC1)N2C. The molecule has 3 fully saturated rings. The number of ether oxygens (including phenoxy) is 1. The fourth-order valence-corrected chi connectivity index (χ4v) is 5.12. The zero-order valence-corrected chi connectivity index (χ0v) is 13.9. The van der Waals surface area contributed by atoms with Gasteiger partial charge in [-0.15, -0.1) is 0 Å². The summed E-state index contributed by atoms with van der Waals surface area (Å²) in [6.07, 6.45) is 5.92. The molecule has 3 saturated heterocycles. The summed E-state index contributed by atoms with van der Waals surface area (Å²) in [7, 11) is 3.72. The van der Waals surface area contributed by atoms with Crippen LogP contribution in [0.5, 0.6) is 0 Å². The van der Waals surface area contributed by atoms with Gasteiger partial charge < -0.3 is 10.1 Å². The van der Waals surface area contributed by atoms with Crippen molar-refractivity contribution in [2.24, 2.45) is 17.8 Å². The third-order valence-corrected chi connectivity index (χ3v) is 6.57. The lowest BCUT2D eigenvalue weighted by atomic mass is 9.71. The Kier molecular flexibility index (Phi) is 4.39. The number of hydrogen-bond donors (Lipinski definition) is 1. The predicted octanol–water partition coefficient (Wildman–Crippen LogP) is 1.98. The summed E-state index contributed by atoms with van der Waals surface area (Å²) in [4.78, 5) is 15.2. The Morgan fingerprint density at radius 2 is 2.10 bits per heavy atom. The molecular formula is C15H25BrN2O2. The molecule has 20 heavy (non-hydrogen) atoms. The molecule has 3 aliphatic rings. The molecule has 4 nitrogen and oxygen atoms in total. The third kappa shape index (κ3) is 2.53. The van der Waals surface area contributed by atoms with Gasteiger partial charge in [-0.25, -0.2) is 0 Å². The molecule has 0 aromatic rings. The quantitative estimate of drug-likeness (QED) is 0.472. The molecule has 0 aromatic heterocycles. The van der Waals surface area contributed by atoms with Crippen molar-refractivity contribution in [3.63, 3.8) is 0 Å². The molecule has 0 aromatic carbocycles. The fourth-order valence-electron chi connectivity index (χ4n) is 4.67. The van der Waals surface area contributed by atoms with Crippen LogP contribution in [0.4, 0.5) is 0 Å². The van der Waals surface area contributed by atoms with Crippen LogP contribution in [-0.2, 0) is 9.53 Å². The van der Waals surface area contributed by atoms with E-state index >= 15 is 0 Å². The van der Waals surface area contributed by atoms with Gasteiger partial charge in [-0.3, -0.25) is 9.69 Å². The van der Waals surface area contributed by atoms with Crippen molar-refractivity contribution in [2.75, 3.05) is 20.7 Å². The topological polar surface area (TPSA) is 41.6 Å². The Hall–Kier alpha value is -0.130. The van der Waals surface area contributed by atoms with E-state index in [9.17, 15) is 4.79 Å². The van der Waals surface area contributed by atoms with Crippen molar-refractivity contribution in [3.05, 3.63) is 0 Å². The lowest BCUT2D eigenvalue weighted by molar-refractivity contribution is -0.154. The summed E-state index contributed by atoms with van der Waals surface area (Å²) in [6.45, 7) is 1.03. The minimum atomic E-state index is 0.00756. The van der Waals surface area contributed by atoms with Crippen LogP contribution in [0.15, 0.2) is 0 Å². The average molecular weight is 345 g/mol. The second-order valence-electron chi connectivity index (χ2n) is 6.63. The number of nitrogens with one attached hydrogen (secondary N) is 1. The van der Waals surface area contributed by atoms with Crippen molar-refractivity contribution < 1.29 is 9.53 Å². The summed E-state index contributed by atoms with van der Waals surface area (Å²) in [6, 6.07) is 1.07. The number of hydrogen-bond acceptors (Lipinski definition) is 4. The molecule has 6 atom stereocenters. The van der Waals surface area contributed by atoms with Crippen LogP contribution in [0.2, 0.25) is 0 Å². The molecule has 3 rings (SSSR count). The molecule has 5 heteroatoms. The number of carbonyl (C=O) groups excluding carboxylic acids is 1. The highest BCUT2D eigenvalue weighted by Crippen LogP contribution is 2.46. The van der Waals surface area contributed by atoms with Crippen LogP contribution in [-0.4, -0.2) is 48.6 Å². The van der Waals surface area contributed by atoms with Gasteiger partial charge >= 0.3 is 5.97 Å². The van der Waals surface area contributed by atoms with Crippen molar-refractivity contribution >= 4 is 21.9 Å². The van der Waals surface area contributed by atoms with Crippen molar-refractivity contribution in [1.29, 1.82) is 0 Å². The minimum absolute atomic E-state index is 0.00756. The van der Waals surface area contributed by atoms with E-state index in [0.717, 1.165) is 25.8 Å². The van der Waals surface area contributed by atoms with E-state index in [1.165, 1.54) is 20.0 Å². The van der Waals surface area contributed by atoms with Crippen molar-refractivity contribution in [2.45, 2.75) is 49.1 Å². The van der Waals surface area contributed by atoms with E-state index < -0.39 is 0 Å². The zero-order chi connectivity index (χ0) is 14.3. The van der Waals surface area contributed by atoms with Gasteiger partial charge in [0.25, 0.3) is 0 Å². The Labute approximate surface area is 129 Å². The summed E-state index contributed by atoms with van der Waals surface area (Å²) in [5, 5.41) is 3.52. The highest BCUT2D eigenvalue weighted by molar-refractivity contribution is 9.09. The second kappa shape index (κ2) is 5.93. The molecule has 0 aliphatic carbocycles. The van der Waals surface area contributed by atoms with Gasteiger partial charge in [-0.1, -0.05) is 15.9 Å². The molecule has 0 saturated carbocycles. The van der Waals surface area contributed by atoms with E-state index in [2.05, 4.69) is 33.2 Å². The normalized spacial score (nSPS) is 45.4. The molecule has 3 aliphatic heterocycles. The maximum absolute atomic E-state index is 12.3. The summed E-state index contributed by atoms with van der Waals surface area (Å²) in [5.41, 5.74) is 0. The van der Waals surface area contributed by atoms with Gasteiger partial charge in [0, 0.05) is 12.1 Å². The first kappa shape index (κ1) is 14.8. The first-order valence-corrected chi connectivity index (χ1v) is 8.70. The van der Waals surface area contributed by atoms with E-state index in [1.54, 1.807) is 0 Å². The molecule has 3 unspecified atom stereocenters. The van der Waals surface area contributed by atoms with Crippen LogP contribution in [0.1, 0.15) is 32.1 Å². The van der Waals surface area contributed by atoms with E-state index in [-0.39, 0.29) is 11.9 Å². The van der Waals surface area contributed by atoms with E-state index in [0.29, 0.717) is 28.9 Å². The van der Waals surface area contributed by atoms with Crippen molar-refractivity contribution in [3.8, 4) is 0 Å². The number of piperidine rings is 2. The number of fused-ring (bicyclic) bond motifs is 2. The van der Waals surface area contributed by atoms with E-state index in [4.69, 9.17) is 4.74 Å². The molecule has 114 valence electrons. The van der Waals surface area contributed by atoms with Gasteiger partial charge in [-0.05, 0) is 57.5 Å². The van der Waals surface area contributed by atoms with E-state index in [1.807, 2.05) is 0 Å². The monoisotopic (exact) mass is 344 g/mol. The van der Waals surface area contributed by atoms with Crippen molar-refractivity contribution in [1.82, 2.24) is 10.2 Å². The van der Waals surface area contributed by atoms with Gasteiger partial charge in [0.2, 0.25) is 0 Å². The van der Waals surface area contributed by atoms with Crippen LogP contribution in [0.3, 0.4) is 0 Å². The fraction of sp³-hybridized carbons (Fsp3) is 0.933. The number of alkyl halides is 1. The van der Waals surface area contributed by atoms with Gasteiger partial charge in [-0.2, -0.15) is 0 Å². The maximum atomic E-state index is 12.3. The number of nitrogens with zero attached hydrogens (tertiary/aromatic N) is 1. The Morgan fingerprint density at radius 1 is 1.30 bits per heavy atom. The van der Waals surface area contributed by atoms with Crippen LogP contribution in [0, 0.1) is 17.8 Å². The lowest BCUT2D eigenvalue weighted by Crippen LogP contribution is -2.53. The molecule has 3 heterocycles. The molecule has 0 radical (unpaired) electrons. The number of rotatable bonds is 2.